The summed E-state index contributed by atoms with van der Waals surface area (Å²) in [4.78, 5) is 27.5. The Labute approximate surface area is 118 Å². The average Bonchev–Trinajstić information content (AvgIpc) is 2.64. The van der Waals surface area contributed by atoms with E-state index in [1.165, 1.54) is 17.5 Å². The summed E-state index contributed by atoms with van der Waals surface area (Å²) >= 11 is 1.17. The number of aryl methyl sites for hydroxylation is 1. The number of carbonyl (C=O) groups is 2. The number of aromatic nitrogens is 1. The molecule has 2 N–H and O–H groups in total. The lowest BCUT2D eigenvalue weighted by molar-refractivity contribution is 0.0697. The van der Waals surface area contributed by atoms with Crippen LogP contribution in [0.5, 0.6) is 0 Å². The van der Waals surface area contributed by atoms with E-state index in [9.17, 15) is 19.1 Å². The van der Waals surface area contributed by atoms with Gasteiger partial charge in [0.15, 0.2) is 0 Å². The highest BCUT2D eigenvalue weighted by atomic mass is 32.1. The van der Waals surface area contributed by atoms with Gasteiger partial charge in [0.25, 0.3) is 5.91 Å². The molecule has 0 aliphatic heterocycles. The SMILES string of the molecule is Cc1sc(NC(=O)c2cncc(F)c2)c(C(=O)O)c1C. The normalized spacial score (nSPS) is 10.3. The number of thiophene rings is 1. The molecule has 2 rings (SSSR count). The molecular formula is C13H11FN2O3S. The van der Waals surface area contributed by atoms with Crippen LogP contribution < -0.4 is 5.32 Å². The van der Waals surface area contributed by atoms with Gasteiger partial charge in [0.2, 0.25) is 0 Å². The minimum Gasteiger partial charge on any atom is -0.478 e. The first-order chi connectivity index (χ1) is 9.40. The summed E-state index contributed by atoms with van der Waals surface area (Å²) in [5, 5.41) is 11.9. The second kappa shape index (κ2) is 5.38. The molecule has 0 bridgehead atoms. The zero-order valence-corrected chi connectivity index (χ0v) is 11.5. The lowest BCUT2D eigenvalue weighted by atomic mass is 10.1. The maximum atomic E-state index is 13.0. The number of carboxylic acid groups (broad SMARTS) is 1. The van der Waals surface area contributed by atoms with Crippen molar-refractivity contribution in [3.05, 3.63) is 45.8 Å². The Hall–Kier alpha value is -2.28. The zero-order chi connectivity index (χ0) is 14.9. The van der Waals surface area contributed by atoms with Gasteiger partial charge < -0.3 is 10.4 Å². The molecule has 7 heteroatoms. The van der Waals surface area contributed by atoms with Gasteiger partial charge in [0.1, 0.15) is 10.8 Å². The third kappa shape index (κ3) is 2.67. The number of halogens is 1. The minimum absolute atomic E-state index is 0.0324. The fourth-order valence-electron chi connectivity index (χ4n) is 1.68. The summed E-state index contributed by atoms with van der Waals surface area (Å²) in [5.74, 6) is -2.34. The summed E-state index contributed by atoms with van der Waals surface area (Å²) in [5.41, 5.74) is 0.699. The summed E-state index contributed by atoms with van der Waals surface area (Å²) in [6.07, 6.45) is 2.20. The third-order valence-electron chi connectivity index (χ3n) is 2.79. The van der Waals surface area contributed by atoms with E-state index in [1.807, 2.05) is 0 Å². The molecule has 0 atom stereocenters. The van der Waals surface area contributed by atoms with Gasteiger partial charge >= 0.3 is 5.97 Å². The van der Waals surface area contributed by atoms with E-state index >= 15 is 0 Å². The Morgan fingerprint density at radius 2 is 2.05 bits per heavy atom. The van der Waals surface area contributed by atoms with Crippen molar-refractivity contribution in [2.75, 3.05) is 5.32 Å². The molecule has 0 radical (unpaired) electrons. The molecule has 0 saturated carbocycles. The first-order valence-corrected chi connectivity index (χ1v) is 6.47. The Kier molecular flexibility index (Phi) is 3.80. The number of rotatable bonds is 3. The van der Waals surface area contributed by atoms with Crippen molar-refractivity contribution in [1.29, 1.82) is 0 Å². The van der Waals surface area contributed by atoms with E-state index in [4.69, 9.17) is 0 Å². The van der Waals surface area contributed by atoms with Gasteiger partial charge in [-0.05, 0) is 25.5 Å². The van der Waals surface area contributed by atoms with Crippen LogP contribution in [0.1, 0.15) is 31.2 Å². The summed E-state index contributed by atoms with van der Waals surface area (Å²) < 4.78 is 13.0. The highest BCUT2D eigenvalue weighted by Crippen LogP contribution is 2.32. The molecule has 5 nitrogen and oxygen atoms in total. The molecule has 104 valence electrons. The van der Waals surface area contributed by atoms with Gasteiger partial charge in [0, 0.05) is 11.1 Å². The molecule has 2 aromatic rings. The summed E-state index contributed by atoms with van der Waals surface area (Å²) in [6.45, 7) is 3.44. The van der Waals surface area contributed by atoms with Crippen LogP contribution in [-0.4, -0.2) is 22.0 Å². The molecule has 0 saturated heterocycles. The van der Waals surface area contributed by atoms with Crippen molar-refractivity contribution in [2.24, 2.45) is 0 Å². The van der Waals surface area contributed by atoms with Crippen LogP contribution in [0.2, 0.25) is 0 Å². The Morgan fingerprint density at radius 3 is 2.65 bits per heavy atom. The van der Waals surface area contributed by atoms with Crippen LogP contribution in [0.25, 0.3) is 0 Å². The van der Waals surface area contributed by atoms with E-state index in [-0.39, 0.29) is 16.1 Å². The molecule has 0 spiro atoms. The topological polar surface area (TPSA) is 79.3 Å². The predicted molar refractivity (Wildman–Crippen MR) is 72.9 cm³/mol. The fourth-order valence-corrected chi connectivity index (χ4v) is 2.73. The number of carbonyl (C=O) groups excluding carboxylic acids is 1. The van der Waals surface area contributed by atoms with Gasteiger partial charge in [0.05, 0.1) is 17.3 Å². The summed E-state index contributed by atoms with van der Waals surface area (Å²) in [6, 6.07) is 1.04. The monoisotopic (exact) mass is 294 g/mol. The minimum atomic E-state index is -1.11. The van der Waals surface area contributed by atoms with Crippen molar-refractivity contribution in [3.63, 3.8) is 0 Å². The lowest BCUT2D eigenvalue weighted by Crippen LogP contribution is -2.14. The van der Waals surface area contributed by atoms with Crippen LogP contribution in [-0.2, 0) is 0 Å². The highest BCUT2D eigenvalue weighted by Gasteiger charge is 2.20. The molecule has 2 heterocycles. The number of hydrogen-bond donors (Lipinski definition) is 2. The molecule has 20 heavy (non-hydrogen) atoms. The van der Waals surface area contributed by atoms with Crippen molar-refractivity contribution in [3.8, 4) is 0 Å². The second-order valence-electron chi connectivity index (χ2n) is 4.14. The molecule has 0 aliphatic rings. The average molecular weight is 294 g/mol. The fraction of sp³-hybridized carbons (Fsp3) is 0.154. The van der Waals surface area contributed by atoms with E-state index in [0.29, 0.717) is 5.56 Å². The second-order valence-corrected chi connectivity index (χ2v) is 5.36. The number of nitrogens with zero attached hydrogens (tertiary/aromatic N) is 1. The van der Waals surface area contributed by atoms with Gasteiger partial charge in [-0.1, -0.05) is 0 Å². The van der Waals surface area contributed by atoms with Crippen molar-refractivity contribution in [2.45, 2.75) is 13.8 Å². The standard InChI is InChI=1S/C13H11FN2O3S/c1-6-7(2)20-12(10(6)13(18)19)16-11(17)8-3-9(14)5-15-4-8/h3-5H,1-2H3,(H,16,17)(H,18,19). The van der Waals surface area contributed by atoms with Gasteiger partial charge in [-0.25, -0.2) is 9.18 Å². The lowest BCUT2D eigenvalue weighted by Gasteiger charge is -2.04. The molecule has 1 amide bonds. The Bertz CT molecular complexity index is 697. The zero-order valence-electron chi connectivity index (χ0n) is 10.7. The molecule has 0 aliphatic carbocycles. The predicted octanol–water partition coefficient (Wildman–Crippen LogP) is 2.85. The van der Waals surface area contributed by atoms with Crippen LogP contribution >= 0.6 is 11.3 Å². The number of pyridine rings is 1. The molecule has 2 aromatic heterocycles. The largest absolute Gasteiger partial charge is 0.478 e. The first-order valence-electron chi connectivity index (χ1n) is 5.65. The number of aromatic carboxylic acids is 1. The van der Waals surface area contributed by atoms with Crippen molar-refractivity contribution < 1.29 is 19.1 Å². The van der Waals surface area contributed by atoms with Gasteiger partial charge in [-0.15, -0.1) is 11.3 Å². The molecule has 0 unspecified atom stereocenters. The Morgan fingerprint density at radius 1 is 1.35 bits per heavy atom. The third-order valence-corrected chi connectivity index (χ3v) is 3.92. The van der Waals surface area contributed by atoms with E-state index in [1.54, 1.807) is 13.8 Å². The number of nitrogens with one attached hydrogen (secondary N) is 1. The number of amides is 1. The van der Waals surface area contributed by atoms with Crippen LogP contribution in [0.15, 0.2) is 18.5 Å². The Balaban J connectivity index is 2.33. The number of anilines is 1. The van der Waals surface area contributed by atoms with Crippen LogP contribution in [0.3, 0.4) is 0 Å². The molecular weight excluding hydrogens is 283 g/mol. The van der Waals surface area contributed by atoms with E-state index < -0.39 is 17.7 Å². The first kappa shape index (κ1) is 14.1. The van der Waals surface area contributed by atoms with Gasteiger partial charge in [-0.3, -0.25) is 9.78 Å². The molecule has 0 aromatic carbocycles. The van der Waals surface area contributed by atoms with Crippen molar-refractivity contribution in [1.82, 2.24) is 4.98 Å². The van der Waals surface area contributed by atoms with Crippen molar-refractivity contribution >= 4 is 28.2 Å². The van der Waals surface area contributed by atoms with E-state index in [0.717, 1.165) is 17.1 Å². The van der Waals surface area contributed by atoms with Gasteiger partial charge in [-0.2, -0.15) is 0 Å². The maximum Gasteiger partial charge on any atom is 0.338 e. The number of carboxylic acids is 1. The molecule has 0 fully saturated rings. The quantitative estimate of drug-likeness (QED) is 0.912. The van der Waals surface area contributed by atoms with E-state index in [2.05, 4.69) is 10.3 Å². The highest BCUT2D eigenvalue weighted by molar-refractivity contribution is 7.16. The smallest absolute Gasteiger partial charge is 0.338 e. The number of hydrogen-bond acceptors (Lipinski definition) is 4. The van der Waals surface area contributed by atoms with Crippen LogP contribution in [0.4, 0.5) is 9.39 Å². The summed E-state index contributed by atoms with van der Waals surface area (Å²) in [7, 11) is 0. The van der Waals surface area contributed by atoms with Crippen LogP contribution in [0, 0.1) is 19.7 Å². The maximum absolute atomic E-state index is 13.0.